The van der Waals surface area contributed by atoms with Gasteiger partial charge in [0.1, 0.15) is 0 Å². The van der Waals surface area contributed by atoms with Gasteiger partial charge in [-0.15, -0.1) is 0 Å². The minimum absolute atomic E-state index is 0.0940. The quantitative estimate of drug-likeness (QED) is 0.792. The number of nitrogens with two attached hydrogens (primary N) is 1. The summed E-state index contributed by atoms with van der Waals surface area (Å²) in [6.45, 7) is 2.92. The lowest BCUT2D eigenvalue weighted by Crippen LogP contribution is -2.31. The van der Waals surface area contributed by atoms with Crippen LogP contribution < -0.4 is 10.5 Å². The second-order valence-corrected chi connectivity index (χ2v) is 6.33. The van der Waals surface area contributed by atoms with Crippen molar-refractivity contribution in [1.29, 1.82) is 0 Å². The van der Waals surface area contributed by atoms with E-state index in [0.29, 0.717) is 13.1 Å². The van der Waals surface area contributed by atoms with Gasteiger partial charge in [0.15, 0.2) is 0 Å². The highest BCUT2D eigenvalue weighted by Gasteiger charge is 2.13. The summed E-state index contributed by atoms with van der Waals surface area (Å²) < 4.78 is 26.4. The van der Waals surface area contributed by atoms with Crippen molar-refractivity contribution in [3.63, 3.8) is 0 Å². The molecule has 1 rings (SSSR count). The predicted molar refractivity (Wildman–Crippen MR) is 72.8 cm³/mol. The second-order valence-electron chi connectivity index (χ2n) is 4.56. The molecular weight excluding hydrogens is 250 g/mol. The molecule has 0 spiro atoms. The van der Waals surface area contributed by atoms with Crippen LogP contribution >= 0.6 is 0 Å². The van der Waals surface area contributed by atoms with Gasteiger partial charge in [-0.05, 0) is 38.7 Å². The van der Waals surface area contributed by atoms with Crippen LogP contribution in [0.1, 0.15) is 18.5 Å². The van der Waals surface area contributed by atoms with Crippen LogP contribution in [0.5, 0.6) is 0 Å². The number of rotatable bonds is 6. The topological polar surface area (TPSA) is 75.4 Å². The van der Waals surface area contributed by atoms with Crippen molar-refractivity contribution in [2.24, 2.45) is 5.73 Å². The van der Waals surface area contributed by atoms with Gasteiger partial charge in [0.05, 0.1) is 4.90 Å². The van der Waals surface area contributed by atoms with E-state index in [1.807, 2.05) is 25.9 Å². The monoisotopic (exact) mass is 271 g/mol. The first kappa shape index (κ1) is 15.1. The lowest BCUT2D eigenvalue weighted by atomic mass is 10.1. The molecule has 18 heavy (non-hydrogen) atoms. The van der Waals surface area contributed by atoms with Crippen LogP contribution in [0.3, 0.4) is 0 Å². The molecule has 102 valence electrons. The number of hydrogen-bond donors (Lipinski definition) is 2. The molecule has 0 fully saturated rings. The van der Waals surface area contributed by atoms with Gasteiger partial charge in [0, 0.05) is 19.1 Å². The van der Waals surface area contributed by atoms with Crippen LogP contribution in [0.25, 0.3) is 0 Å². The first-order valence-electron chi connectivity index (χ1n) is 5.83. The average molecular weight is 271 g/mol. The molecular formula is C12H21N3O2S. The summed E-state index contributed by atoms with van der Waals surface area (Å²) in [4.78, 5) is 2.19. The van der Waals surface area contributed by atoms with Crippen molar-refractivity contribution in [3.05, 3.63) is 29.8 Å². The minimum atomic E-state index is -3.42. The highest BCUT2D eigenvalue weighted by Crippen LogP contribution is 2.14. The van der Waals surface area contributed by atoms with E-state index in [0.717, 1.165) is 5.56 Å². The summed E-state index contributed by atoms with van der Waals surface area (Å²) in [7, 11) is 0.373. The van der Waals surface area contributed by atoms with Crippen molar-refractivity contribution in [2.75, 3.05) is 27.2 Å². The molecule has 1 unspecified atom stereocenters. The van der Waals surface area contributed by atoms with Gasteiger partial charge < -0.3 is 10.6 Å². The van der Waals surface area contributed by atoms with Gasteiger partial charge in [0.25, 0.3) is 0 Å². The Kier molecular flexibility index (Phi) is 5.28. The lowest BCUT2D eigenvalue weighted by Gasteiger charge is -2.11. The molecule has 0 aliphatic rings. The summed E-state index contributed by atoms with van der Waals surface area (Å²) in [5.41, 5.74) is 6.63. The Hall–Kier alpha value is -0.950. The van der Waals surface area contributed by atoms with E-state index < -0.39 is 10.0 Å². The molecule has 3 N–H and O–H groups in total. The summed E-state index contributed by atoms with van der Waals surface area (Å²) >= 11 is 0. The molecule has 0 aliphatic heterocycles. The first-order valence-corrected chi connectivity index (χ1v) is 7.31. The number of nitrogens with one attached hydrogen (secondary N) is 1. The lowest BCUT2D eigenvalue weighted by molar-refractivity contribution is 0.412. The Morgan fingerprint density at radius 2 is 1.83 bits per heavy atom. The summed E-state index contributed by atoms with van der Waals surface area (Å²) in [5.74, 6) is 0. The van der Waals surface area contributed by atoms with E-state index in [-0.39, 0.29) is 10.9 Å². The largest absolute Gasteiger partial charge is 0.324 e. The SMILES string of the molecule is CC(N)c1ccc(S(=O)(=O)NCCN(C)C)cc1. The predicted octanol–water partition coefficient (Wildman–Crippen LogP) is 0.546. The summed E-state index contributed by atoms with van der Waals surface area (Å²) in [6, 6.07) is 6.55. The van der Waals surface area contributed by atoms with Gasteiger partial charge in [-0.1, -0.05) is 12.1 Å². The Labute approximate surface area is 109 Å². The Morgan fingerprint density at radius 1 is 1.28 bits per heavy atom. The number of nitrogens with zero attached hydrogens (tertiary/aromatic N) is 1. The van der Waals surface area contributed by atoms with Crippen LogP contribution in [0, 0.1) is 0 Å². The Balaban J connectivity index is 2.73. The highest BCUT2D eigenvalue weighted by molar-refractivity contribution is 7.89. The van der Waals surface area contributed by atoms with Crippen LogP contribution in [0.4, 0.5) is 0 Å². The smallest absolute Gasteiger partial charge is 0.240 e. The molecule has 0 heterocycles. The molecule has 0 saturated carbocycles. The van der Waals surface area contributed by atoms with E-state index in [2.05, 4.69) is 4.72 Å². The molecule has 0 aromatic heterocycles. The summed E-state index contributed by atoms with van der Waals surface area (Å²) in [5, 5.41) is 0. The van der Waals surface area contributed by atoms with Crippen LogP contribution in [-0.2, 0) is 10.0 Å². The summed E-state index contributed by atoms with van der Waals surface area (Å²) in [6.07, 6.45) is 0. The maximum Gasteiger partial charge on any atom is 0.240 e. The third kappa shape index (κ3) is 4.38. The van der Waals surface area contributed by atoms with E-state index in [1.54, 1.807) is 24.3 Å². The third-order valence-corrected chi connectivity index (χ3v) is 4.04. The molecule has 1 aromatic rings. The fourth-order valence-electron chi connectivity index (χ4n) is 1.44. The Bertz CT molecular complexity index is 467. The molecule has 1 atom stereocenters. The third-order valence-electron chi connectivity index (χ3n) is 2.57. The zero-order valence-electron chi connectivity index (χ0n) is 11.1. The van der Waals surface area contributed by atoms with E-state index in [4.69, 9.17) is 5.73 Å². The van der Waals surface area contributed by atoms with Crippen molar-refractivity contribution in [2.45, 2.75) is 17.9 Å². The van der Waals surface area contributed by atoms with Crippen molar-refractivity contribution >= 4 is 10.0 Å². The minimum Gasteiger partial charge on any atom is -0.324 e. The molecule has 0 amide bonds. The molecule has 0 bridgehead atoms. The number of hydrogen-bond acceptors (Lipinski definition) is 4. The van der Waals surface area contributed by atoms with E-state index >= 15 is 0 Å². The zero-order valence-corrected chi connectivity index (χ0v) is 11.9. The van der Waals surface area contributed by atoms with Crippen molar-refractivity contribution in [1.82, 2.24) is 9.62 Å². The number of sulfonamides is 1. The molecule has 6 heteroatoms. The van der Waals surface area contributed by atoms with Gasteiger partial charge in [-0.3, -0.25) is 0 Å². The first-order chi connectivity index (χ1) is 8.33. The van der Waals surface area contributed by atoms with Gasteiger partial charge in [0.2, 0.25) is 10.0 Å². The maximum absolute atomic E-state index is 11.9. The molecule has 0 aliphatic carbocycles. The second kappa shape index (κ2) is 6.29. The van der Waals surface area contributed by atoms with Crippen molar-refractivity contribution < 1.29 is 8.42 Å². The van der Waals surface area contributed by atoms with Gasteiger partial charge in [-0.25, -0.2) is 13.1 Å². The van der Waals surface area contributed by atoms with Crippen LogP contribution in [0.15, 0.2) is 29.2 Å². The normalized spacial score (nSPS) is 13.8. The average Bonchev–Trinajstić information content (AvgIpc) is 2.28. The molecule has 0 radical (unpaired) electrons. The van der Waals surface area contributed by atoms with E-state index in [1.165, 1.54) is 0 Å². The van der Waals surface area contributed by atoms with Crippen LogP contribution in [-0.4, -0.2) is 40.5 Å². The van der Waals surface area contributed by atoms with Gasteiger partial charge >= 0.3 is 0 Å². The Morgan fingerprint density at radius 3 is 2.28 bits per heavy atom. The maximum atomic E-state index is 11.9. The molecule has 0 saturated heterocycles. The number of likely N-dealkylation sites (N-methyl/N-ethyl adjacent to an activating group) is 1. The molecule has 1 aromatic carbocycles. The fourth-order valence-corrected chi connectivity index (χ4v) is 2.46. The molecule has 5 nitrogen and oxygen atoms in total. The highest BCUT2D eigenvalue weighted by atomic mass is 32.2. The standard InChI is InChI=1S/C12H21N3O2S/c1-10(13)11-4-6-12(7-5-11)18(16,17)14-8-9-15(2)3/h4-7,10,14H,8-9,13H2,1-3H3. The van der Waals surface area contributed by atoms with Gasteiger partial charge in [-0.2, -0.15) is 0 Å². The fraction of sp³-hybridized carbons (Fsp3) is 0.500. The van der Waals surface area contributed by atoms with Crippen LogP contribution in [0.2, 0.25) is 0 Å². The van der Waals surface area contributed by atoms with Crippen molar-refractivity contribution in [3.8, 4) is 0 Å². The zero-order chi connectivity index (χ0) is 13.8. The number of benzene rings is 1. The van der Waals surface area contributed by atoms with E-state index in [9.17, 15) is 8.42 Å².